The van der Waals surface area contributed by atoms with E-state index in [1.54, 1.807) is 24.3 Å². The van der Waals surface area contributed by atoms with Gasteiger partial charge in [0, 0.05) is 25.2 Å². The molecule has 4 aromatic rings. The Morgan fingerprint density at radius 3 is 2.14 bits per heavy atom. The van der Waals surface area contributed by atoms with Gasteiger partial charge in [0.15, 0.2) is 0 Å². The molecular formula is C28H28N4O4. The smallest absolute Gasteiger partial charge is 0.331 e. The van der Waals surface area contributed by atoms with E-state index in [1.165, 1.54) is 4.57 Å². The molecule has 8 heteroatoms. The van der Waals surface area contributed by atoms with Gasteiger partial charge in [-0.05, 0) is 42.7 Å². The van der Waals surface area contributed by atoms with Crippen LogP contribution < -0.4 is 21.9 Å². The van der Waals surface area contributed by atoms with Gasteiger partial charge in [-0.3, -0.25) is 23.5 Å². The fourth-order valence-corrected chi connectivity index (χ4v) is 4.02. The minimum atomic E-state index is -0.540. The van der Waals surface area contributed by atoms with Gasteiger partial charge in [0.2, 0.25) is 11.8 Å². The predicted molar refractivity (Wildman–Crippen MR) is 140 cm³/mol. The fourth-order valence-electron chi connectivity index (χ4n) is 4.02. The topological polar surface area (TPSA) is 102 Å². The number of unbranched alkanes of at least 4 members (excludes halogenated alkanes) is 1. The van der Waals surface area contributed by atoms with Gasteiger partial charge >= 0.3 is 5.69 Å². The molecule has 0 unspecified atom stereocenters. The number of para-hydroxylation sites is 2. The van der Waals surface area contributed by atoms with Crippen LogP contribution in [-0.4, -0.2) is 20.9 Å². The highest BCUT2D eigenvalue weighted by molar-refractivity contribution is 5.90. The first kappa shape index (κ1) is 24.7. The van der Waals surface area contributed by atoms with Gasteiger partial charge in [-0.1, -0.05) is 60.7 Å². The first-order valence-electron chi connectivity index (χ1n) is 11.9. The van der Waals surface area contributed by atoms with E-state index in [0.29, 0.717) is 30.3 Å². The van der Waals surface area contributed by atoms with Crippen LogP contribution in [0.15, 0.2) is 94.5 Å². The molecule has 0 aliphatic rings. The van der Waals surface area contributed by atoms with E-state index < -0.39 is 11.2 Å². The Morgan fingerprint density at radius 2 is 1.39 bits per heavy atom. The van der Waals surface area contributed by atoms with Crippen LogP contribution in [-0.2, 0) is 29.2 Å². The van der Waals surface area contributed by atoms with Gasteiger partial charge in [0.25, 0.3) is 5.56 Å². The molecule has 8 nitrogen and oxygen atoms in total. The second-order valence-electron chi connectivity index (χ2n) is 8.48. The SMILES string of the molecule is O=C(Cn1c(=O)n(CCCCC(=O)Nc2ccccc2)c(=O)c2ccccc21)NCc1ccccc1. The van der Waals surface area contributed by atoms with Crippen molar-refractivity contribution in [3.8, 4) is 0 Å². The van der Waals surface area contributed by atoms with Gasteiger partial charge in [-0.25, -0.2) is 4.79 Å². The summed E-state index contributed by atoms with van der Waals surface area (Å²) in [5.41, 5.74) is 1.15. The quantitative estimate of drug-likeness (QED) is 0.337. The zero-order valence-electron chi connectivity index (χ0n) is 19.9. The number of aromatic nitrogens is 2. The Morgan fingerprint density at radius 1 is 0.722 bits per heavy atom. The van der Waals surface area contributed by atoms with Crippen molar-refractivity contribution in [3.05, 3.63) is 111 Å². The second-order valence-corrected chi connectivity index (χ2v) is 8.48. The van der Waals surface area contributed by atoms with Crippen molar-refractivity contribution < 1.29 is 9.59 Å². The molecule has 1 aromatic heterocycles. The van der Waals surface area contributed by atoms with Crippen molar-refractivity contribution in [1.29, 1.82) is 0 Å². The molecular weight excluding hydrogens is 456 g/mol. The van der Waals surface area contributed by atoms with E-state index in [4.69, 9.17) is 0 Å². The summed E-state index contributed by atoms with van der Waals surface area (Å²) in [7, 11) is 0. The lowest BCUT2D eigenvalue weighted by atomic mass is 10.2. The van der Waals surface area contributed by atoms with E-state index in [0.717, 1.165) is 15.8 Å². The van der Waals surface area contributed by atoms with E-state index in [2.05, 4.69) is 10.6 Å². The summed E-state index contributed by atoms with van der Waals surface area (Å²) >= 11 is 0. The first-order chi connectivity index (χ1) is 17.5. The highest BCUT2D eigenvalue weighted by Crippen LogP contribution is 2.09. The molecule has 0 atom stereocenters. The van der Waals surface area contributed by atoms with Gasteiger partial charge in [0.05, 0.1) is 10.9 Å². The second kappa shape index (κ2) is 11.8. The van der Waals surface area contributed by atoms with Crippen LogP contribution in [0.5, 0.6) is 0 Å². The Kier molecular flexibility index (Phi) is 8.08. The summed E-state index contributed by atoms with van der Waals surface area (Å²) < 4.78 is 2.49. The molecule has 0 radical (unpaired) electrons. The van der Waals surface area contributed by atoms with Crippen LogP contribution in [0.4, 0.5) is 5.69 Å². The molecule has 184 valence electrons. The number of benzene rings is 3. The monoisotopic (exact) mass is 484 g/mol. The Labute approximate surface area is 208 Å². The summed E-state index contributed by atoms with van der Waals surface area (Å²) in [5.74, 6) is -0.451. The van der Waals surface area contributed by atoms with Crippen molar-refractivity contribution in [2.24, 2.45) is 0 Å². The van der Waals surface area contributed by atoms with Crippen LogP contribution in [0, 0.1) is 0 Å². The lowest BCUT2D eigenvalue weighted by Gasteiger charge is -2.14. The van der Waals surface area contributed by atoms with Gasteiger partial charge in [0.1, 0.15) is 6.54 Å². The van der Waals surface area contributed by atoms with Gasteiger partial charge < -0.3 is 10.6 Å². The highest BCUT2D eigenvalue weighted by atomic mass is 16.2. The first-order valence-corrected chi connectivity index (χ1v) is 11.9. The molecule has 0 aliphatic carbocycles. The number of anilines is 1. The number of fused-ring (bicyclic) bond motifs is 1. The largest absolute Gasteiger partial charge is 0.350 e. The average Bonchev–Trinajstić information content (AvgIpc) is 2.90. The minimum Gasteiger partial charge on any atom is -0.350 e. The van der Waals surface area contributed by atoms with Crippen molar-refractivity contribution >= 4 is 28.4 Å². The lowest BCUT2D eigenvalue weighted by molar-refractivity contribution is -0.122. The third-order valence-electron chi connectivity index (χ3n) is 5.86. The molecule has 0 saturated heterocycles. The van der Waals surface area contributed by atoms with Crippen LogP contribution in [0.1, 0.15) is 24.8 Å². The molecule has 0 fully saturated rings. The third-order valence-corrected chi connectivity index (χ3v) is 5.86. The number of nitrogens with one attached hydrogen (secondary N) is 2. The fraction of sp³-hybridized carbons (Fsp3) is 0.214. The van der Waals surface area contributed by atoms with Crippen molar-refractivity contribution in [1.82, 2.24) is 14.5 Å². The normalized spacial score (nSPS) is 10.8. The molecule has 36 heavy (non-hydrogen) atoms. The molecule has 0 bridgehead atoms. The molecule has 0 saturated carbocycles. The number of carbonyl (C=O) groups is 2. The number of rotatable bonds is 10. The molecule has 2 N–H and O–H groups in total. The van der Waals surface area contributed by atoms with E-state index in [9.17, 15) is 19.2 Å². The summed E-state index contributed by atoms with van der Waals surface area (Å²) in [4.78, 5) is 51.1. The Bertz CT molecular complexity index is 1460. The lowest BCUT2D eigenvalue weighted by Crippen LogP contribution is -2.42. The maximum absolute atomic E-state index is 13.2. The van der Waals surface area contributed by atoms with Gasteiger partial charge in [-0.2, -0.15) is 0 Å². The molecule has 0 aliphatic heterocycles. The number of nitrogens with zero attached hydrogens (tertiary/aromatic N) is 2. The summed E-state index contributed by atoms with van der Waals surface area (Å²) in [6.07, 6.45) is 1.25. The molecule has 0 spiro atoms. The number of hydrogen-bond acceptors (Lipinski definition) is 4. The number of carbonyl (C=O) groups excluding carboxylic acids is 2. The molecule has 2 amide bonds. The minimum absolute atomic E-state index is 0.125. The summed E-state index contributed by atoms with van der Waals surface area (Å²) in [5, 5.41) is 6.02. The van der Waals surface area contributed by atoms with E-state index in [1.807, 2.05) is 60.7 Å². The van der Waals surface area contributed by atoms with Crippen molar-refractivity contribution in [2.45, 2.75) is 38.9 Å². The molecule has 1 heterocycles. The van der Waals surface area contributed by atoms with Crippen LogP contribution >= 0.6 is 0 Å². The number of amides is 2. The average molecular weight is 485 g/mol. The standard InChI is InChI=1S/C28H28N4O4/c33-25(30-22-13-5-2-6-14-22)17-9-10-18-31-27(35)23-15-7-8-16-24(23)32(28(31)36)20-26(34)29-19-21-11-3-1-4-12-21/h1-8,11-16H,9-10,17-20H2,(H,29,34)(H,30,33). The van der Waals surface area contributed by atoms with Crippen LogP contribution in [0.3, 0.4) is 0 Å². The zero-order chi connectivity index (χ0) is 25.3. The molecule has 4 rings (SSSR count). The third kappa shape index (κ3) is 6.15. The maximum atomic E-state index is 13.2. The zero-order valence-corrected chi connectivity index (χ0v) is 19.9. The van der Waals surface area contributed by atoms with E-state index in [-0.39, 0.29) is 31.3 Å². The van der Waals surface area contributed by atoms with E-state index >= 15 is 0 Å². The predicted octanol–water partition coefficient (Wildman–Crippen LogP) is 3.29. The maximum Gasteiger partial charge on any atom is 0.331 e. The summed E-state index contributed by atoms with van der Waals surface area (Å²) in [6, 6.07) is 25.4. The van der Waals surface area contributed by atoms with Crippen molar-refractivity contribution in [2.75, 3.05) is 5.32 Å². The highest BCUT2D eigenvalue weighted by Gasteiger charge is 2.15. The van der Waals surface area contributed by atoms with Gasteiger partial charge in [-0.15, -0.1) is 0 Å². The van der Waals surface area contributed by atoms with Crippen molar-refractivity contribution in [3.63, 3.8) is 0 Å². The van der Waals surface area contributed by atoms with Crippen LogP contribution in [0.25, 0.3) is 10.9 Å². The van der Waals surface area contributed by atoms with Crippen LogP contribution in [0.2, 0.25) is 0 Å². The number of hydrogen-bond donors (Lipinski definition) is 2. The Balaban J connectivity index is 1.44. The molecule has 3 aromatic carbocycles. The Hall–Kier alpha value is -4.46. The summed E-state index contributed by atoms with van der Waals surface area (Å²) in [6.45, 7) is 0.301.